The molecule has 2 amide bonds. The molecule has 0 aromatic carbocycles. The van der Waals surface area contributed by atoms with E-state index in [1.165, 1.54) is 4.90 Å². The normalized spacial score (nSPS) is 19.6. The third-order valence-corrected chi connectivity index (χ3v) is 4.09. The molecule has 2 atom stereocenters. The van der Waals surface area contributed by atoms with E-state index in [9.17, 15) is 14.4 Å². The summed E-state index contributed by atoms with van der Waals surface area (Å²) in [5.74, 6) is -1.66. The summed E-state index contributed by atoms with van der Waals surface area (Å²) >= 11 is 0. The van der Waals surface area contributed by atoms with E-state index in [0.717, 1.165) is 0 Å². The van der Waals surface area contributed by atoms with Gasteiger partial charge in [0.2, 0.25) is 11.8 Å². The van der Waals surface area contributed by atoms with Gasteiger partial charge in [-0.25, -0.2) is 0 Å². The number of likely N-dealkylation sites (N-methyl/N-ethyl adjacent to an activating group) is 1. The smallest absolute Gasteiger partial charge is 0.308 e. The van der Waals surface area contributed by atoms with Gasteiger partial charge in [-0.15, -0.1) is 0 Å². The number of carboxylic acid groups (broad SMARTS) is 1. The molecule has 7 nitrogen and oxygen atoms in total. The third kappa shape index (κ3) is 5.63. The third-order valence-electron chi connectivity index (χ3n) is 4.09. The van der Waals surface area contributed by atoms with E-state index in [0.29, 0.717) is 32.2 Å². The molecular formula is C15H26N2O5. The van der Waals surface area contributed by atoms with Crippen molar-refractivity contribution in [3.05, 3.63) is 0 Å². The molecule has 7 heteroatoms. The quantitative estimate of drug-likeness (QED) is 0.743. The SMILES string of the molecule is COC(C)CCC(=O)N(C)CC(=O)N1CCCC(C(=O)O)C1. The van der Waals surface area contributed by atoms with Crippen molar-refractivity contribution in [2.75, 3.05) is 33.8 Å². The van der Waals surface area contributed by atoms with Gasteiger partial charge < -0.3 is 19.6 Å². The van der Waals surface area contributed by atoms with Crippen molar-refractivity contribution in [1.29, 1.82) is 0 Å². The van der Waals surface area contributed by atoms with Crippen LogP contribution in [0, 0.1) is 5.92 Å². The average Bonchev–Trinajstić information content (AvgIpc) is 2.51. The Morgan fingerprint density at radius 2 is 2.09 bits per heavy atom. The lowest BCUT2D eigenvalue weighted by atomic mass is 9.98. The van der Waals surface area contributed by atoms with Crippen molar-refractivity contribution < 1.29 is 24.2 Å². The van der Waals surface area contributed by atoms with E-state index in [4.69, 9.17) is 9.84 Å². The highest BCUT2D eigenvalue weighted by Gasteiger charge is 2.28. The van der Waals surface area contributed by atoms with Gasteiger partial charge in [-0.2, -0.15) is 0 Å². The van der Waals surface area contributed by atoms with Crippen molar-refractivity contribution in [3.63, 3.8) is 0 Å². The Bertz CT molecular complexity index is 413. The van der Waals surface area contributed by atoms with Crippen LogP contribution in [-0.2, 0) is 19.1 Å². The fourth-order valence-corrected chi connectivity index (χ4v) is 2.43. The van der Waals surface area contributed by atoms with Gasteiger partial charge in [0.15, 0.2) is 0 Å². The number of piperidine rings is 1. The number of carboxylic acids is 1. The number of nitrogens with zero attached hydrogens (tertiary/aromatic N) is 2. The van der Waals surface area contributed by atoms with Gasteiger partial charge in [0.1, 0.15) is 0 Å². The fourth-order valence-electron chi connectivity index (χ4n) is 2.43. The average molecular weight is 314 g/mol. The summed E-state index contributed by atoms with van der Waals surface area (Å²) in [6.07, 6.45) is 2.23. The minimum atomic E-state index is -0.865. The second-order valence-corrected chi connectivity index (χ2v) is 5.85. The molecule has 0 saturated carbocycles. The fraction of sp³-hybridized carbons (Fsp3) is 0.800. The molecular weight excluding hydrogens is 288 g/mol. The molecule has 0 spiro atoms. The Morgan fingerprint density at radius 1 is 1.41 bits per heavy atom. The highest BCUT2D eigenvalue weighted by Crippen LogP contribution is 2.17. The number of aliphatic carboxylic acids is 1. The summed E-state index contributed by atoms with van der Waals surface area (Å²) < 4.78 is 5.09. The van der Waals surface area contributed by atoms with Crippen LogP contribution in [0.2, 0.25) is 0 Å². The lowest BCUT2D eigenvalue weighted by molar-refractivity contribution is -0.147. The number of carbonyl (C=O) groups is 3. The van der Waals surface area contributed by atoms with Crippen LogP contribution in [0.4, 0.5) is 0 Å². The van der Waals surface area contributed by atoms with E-state index >= 15 is 0 Å². The minimum Gasteiger partial charge on any atom is -0.481 e. The summed E-state index contributed by atoms with van der Waals surface area (Å²) in [5, 5.41) is 9.04. The van der Waals surface area contributed by atoms with Gasteiger partial charge in [-0.1, -0.05) is 0 Å². The molecule has 126 valence electrons. The molecule has 1 heterocycles. The standard InChI is InChI=1S/C15H26N2O5/c1-11(22-3)6-7-13(18)16(2)10-14(19)17-8-4-5-12(9-17)15(20)21/h11-12H,4-10H2,1-3H3,(H,20,21). The second kappa shape index (κ2) is 8.73. The van der Waals surface area contributed by atoms with Gasteiger partial charge in [0, 0.05) is 33.7 Å². The van der Waals surface area contributed by atoms with Crippen LogP contribution in [0.5, 0.6) is 0 Å². The number of likely N-dealkylation sites (tertiary alicyclic amines) is 1. The zero-order valence-corrected chi connectivity index (χ0v) is 13.6. The Hall–Kier alpha value is -1.63. The highest BCUT2D eigenvalue weighted by atomic mass is 16.5. The zero-order valence-electron chi connectivity index (χ0n) is 13.6. The van der Waals surface area contributed by atoms with E-state index < -0.39 is 11.9 Å². The molecule has 0 radical (unpaired) electrons. The monoisotopic (exact) mass is 314 g/mol. The largest absolute Gasteiger partial charge is 0.481 e. The maximum atomic E-state index is 12.2. The van der Waals surface area contributed by atoms with Crippen LogP contribution in [0.1, 0.15) is 32.6 Å². The van der Waals surface area contributed by atoms with Crippen molar-refractivity contribution in [2.45, 2.75) is 38.7 Å². The summed E-state index contributed by atoms with van der Waals surface area (Å²) in [6.45, 7) is 2.67. The summed E-state index contributed by atoms with van der Waals surface area (Å²) in [5.41, 5.74) is 0. The molecule has 1 aliphatic heterocycles. The Kier molecular flexibility index (Phi) is 7.31. The molecule has 1 rings (SSSR count). The highest BCUT2D eigenvalue weighted by molar-refractivity contribution is 5.85. The predicted molar refractivity (Wildman–Crippen MR) is 80.3 cm³/mol. The minimum absolute atomic E-state index is 0.00599. The molecule has 1 aliphatic rings. The van der Waals surface area contributed by atoms with Crippen LogP contribution in [0.15, 0.2) is 0 Å². The van der Waals surface area contributed by atoms with Crippen LogP contribution < -0.4 is 0 Å². The predicted octanol–water partition coefficient (Wildman–Crippen LogP) is 0.583. The van der Waals surface area contributed by atoms with E-state index in [2.05, 4.69) is 0 Å². The van der Waals surface area contributed by atoms with Crippen LogP contribution in [0.3, 0.4) is 0 Å². The molecule has 0 aliphatic carbocycles. The van der Waals surface area contributed by atoms with Gasteiger partial charge in [0.05, 0.1) is 18.6 Å². The Labute approximate surface area is 131 Å². The maximum Gasteiger partial charge on any atom is 0.308 e. The number of rotatable bonds is 7. The molecule has 1 N–H and O–H groups in total. The molecule has 0 aromatic heterocycles. The number of ether oxygens (including phenoxy) is 1. The molecule has 0 aromatic rings. The van der Waals surface area contributed by atoms with Crippen molar-refractivity contribution in [2.24, 2.45) is 5.92 Å². The number of hydrogen-bond acceptors (Lipinski definition) is 4. The zero-order chi connectivity index (χ0) is 16.7. The van der Waals surface area contributed by atoms with E-state index in [-0.39, 0.29) is 31.0 Å². The van der Waals surface area contributed by atoms with E-state index in [1.54, 1.807) is 19.1 Å². The van der Waals surface area contributed by atoms with Crippen LogP contribution in [0.25, 0.3) is 0 Å². The van der Waals surface area contributed by atoms with Crippen LogP contribution >= 0.6 is 0 Å². The number of amides is 2. The van der Waals surface area contributed by atoms with Gasteiger partial charge in [0.25, 0.3) is 0 Å². The second-order valence-electron chi connectivity index (χ2n) is 5.85. The molecule has 22 heavy (non-hydrogen) atoms. The molecule has 2 unspecified atom stereocenters. The number of hydrogen-bond donors (Lipinski definition) is 1. The summed E-state index contributed by atoms with van der Waals surface area (Å²) in [4.78, 5) is 38.1. The first-order valence-electron chi connectivity index (χ1n) is 7.62. The first-order valence-corrected chi connectivity index (χ1v) is 7.62. The van der Waals surface area contributed by atoms with Crippen LogP contribution in [-0.4, -0.2) is 72.6 Å². The molecule has 0 bridgehead atoms. The first kappa shape index (κ1) is 18.4. The number of methoxy groups -OCH3 is 1. The lowest BCUT2D eigenvalue weighted by Crippen LogP contribution is -2.46. The van der Waals surface area contributed by atoms with Crippen molar-refractivity contribution in [3.8, 4) is 0 Å². The van der Waals surface area contributed by atoms with Gasteiger partial charge >= 0.3 is 5.97 Å². The Morgan fingerprint density at radius 3 is 2.68 bits per heavy atom. The van der Waals surface area contributed by atoms with Gasteiger partial charge in [-0.05, 0) is 26.2 Å². The summed E-state index contributed by atoms with van der Waals surface area (Å²) in [7, 11) is 3.19. The van der Waals surface area contributed by atoms with E-state index in [1.807, 2.05) is 6.92 Å². The number of carbonyl (C=O) groups excluding carboxylic acids is 2. The molecule has 1 fully saturated rings. The maximum absolute atomic E-state index is 12.2. The van der Waals surface area contributed by atoms with Crippen molar-refractivity contribution >= 4 is 17.8 Å². The Balaban J connectivity index is 2.42. The first-order chi connectivity index (χ1) is 10.3. The summed E-state index contributed by atoms with van der Waals surface area (Å²) in [6, 6.07) is 0. The molecule has 1 saturated heterocycles. The topological polar surface area (TPSA) is 87.2 Å². The lowest BCUT2D eigenvalue weighted by Gasteiger charge is -2.32. The van der Waals surface area contributed by atoms with Crippen molar-refractivity contribution in [1.82, 2.24) is 9.80 Å². The van der Waals surface area contributed by atoms with Gasteiger partial charge in [-0.3, -0.25) is 14.4 Å².